The normalized spacial score (nSPS) is 29.5. The summed E-state index contributed by atoms with van der Waals surface area (Å²) in [6.45, 7) is 0.470. The van der Waals surface area contributed by atoms with E-state index in [0.29, 0.717) is 121 Å². The molecular formula is C89H142N20O18. The number of ketones is 1. The van der Waals surface area contributed by atoms with Crippen LogP contribution in [0.4, 0.5) is 0 Å². The van der Waals surface area contributed by atoms with Crippen molar-refractivity contribution in [1.82, 2.24) is 101 Å². The number of Topliss-reactive ketones (excluding diaryl/α,β-unsaturated/α-hetero) is 1. The molecule has 17 amide bonds. The molecule has 0 saturated heterocycles. The van der Waals surface area contributed by atoms with E-state index in [4.69, 9.17) is 5.73 Å². The van der Waals surface area contributed by atoms with Gasteiger partial charge < -0.3 is 107 Å². The second kappa shape index (κ2) is 49.7. The monoisotopic (exact) mass is 1780 g/mol. The Bertz CT molecular complexity index is 3940. The fourth-order valence-electron chi connectivity index (χ4n) is 21.2. The molecular weight excluding hydrogens is 1640 g/mol. The number of hydrogen-bond donors (Lipinski definition) is 20. The Morgan fingerprint density at radius 1 is 0.291 bits per heavy atom. The number of rotatable bonds is 46. The lowest BCUT2D eigenvalue weighted by Gasteiger charge is -2.25. The van der Waals surface area contributed by atoms with Crippen LogP contribution in [0.1, 0.15) is 231 Å². The van der Waals surface area contributed by atoms with Crippen LogP contribution in [0, 0.1) is 65.1 Å². The van der Waals surface area contributed by atoms with Crippen molar-refractivity contribution in [2.24, 2.45) is 70.8 Å². The molecule has 21 N–H and O–H groups in total. The molecule has 22 atom stereocenters. The summed E-state index contributed by atoms with van der Waals surface area (Å²) in [7, 11) is 6.88. The number of carbonyl (C=O) groups is 18. The predicted molar refractivity (Wildman–Crippen MR) is 466 cm³/mol. The first-order valence-corrected chi connectivity index (χ1v) is 47.0. The molecule has 9 fully saturated rings. The molecule has 22 unspecified atom stereocenters. The van der Waals surface area contributed by atoms with Crippen LogP contribution in [0.2, 0.25) is 0 Å². The SMILES string of the molecule is CNC(=O)C1=CCC(NC(=O)CCNC(=O)C2CCC(NC(=O)CCNC(=O)C3CC(NC(=O)CC(N)C(=O)C4CCC(NC(=O)CCNC(=O)C5CCC(NC)C5)C4)CC3CC3CC(NC(=O)CCNC(=O)C4CCC(NC(=O)CCNC(=O)C5CCC(NC)C5)C4)CC3C(=O)NCCC(=O)NC3CCC(C(=O)NCCC(=O)NC4CCC(C(=O)NC)C4)C3)C2)C1. The molecule has 0 heterocycles. The lowest BCUT2D eigenvalue weighted by molar-refractivity contribution is -0.129. The van der Waals surface area contributed by atoms with Gasteiger partial charge in [-0.3, -0.25) is 86.3 Å². The van der Waals surface area contributed by atoms with Crippen LogP contribution >= 0.6 is 0 Å². The molecule has 10 aliphatic carbocycles. The fraction of sp³-hybridized carbons (Fsp3) is 0.775. The molecule has 127 heavy (non-hydrogen) atoms. The van der Waals surface area contributed by atoms with Crippen molar-refractivity contribution in [2.75, 3.05) is 74.0 Å². The number of likely N-dealkylation sites (N-methyl/N-ethyl adjacent to an activating group) is 1. The molecule has 0 aliphatic heterocycles. The highest BCUT2D eigenvalue weighted by molar-refractivity contribution is 5.94. The van der Waals surface area contributed by atoms with Crippen molar-refractivity contribution in [2.45, 2.75) is 298 Å². The number of nitrogens with two attached hydrogens (primary N) is 1. The topological polar surface area (TPSA) is 562 Å². The Labute approximate surface area is 744 Å². The highest BCUT2D eigenvalue weighted by Crippen LogP contribution is 2.44. The van der Waals surface area contributed by atoms with Gasteiger partial charge in [-0.15, -0.1) is 0 Å². The largest absolute Gasteiger partial charge is 0.359 e. The molecule has 0 aromatic carbocycles. The first kappa shape index (κ1) is 99.4. The summed E-state index contributed by atoms with van der Waals surface area (Å²) >= 11 is 0. The van der Waals surface area contributed by atoms with Gasteiger partial charge >= 0.3 is 0 Å². The third kappa shape index (κ3) is 31.3. The fourth-order valence-corrected chi connectivity index (χ4v) is 21.2. The van der Waals surface area contributed by atoms with Crippen molar-refractivity contribution < 1.29 is 86.3 Å². The van der Waals surface area contributed by atoms with Crippen LogP contribution in [0.15, 0.2) is 11.6 Å². The number of nitrogens with one attached hydrogen (secondary N) is 19. The quantitative estimate of drug-likeness (QED) is 0.0317. The van der Waals surface area contributed by atoms with Gasteiger partial charge in [-0.1, -0.05) is 6.08 Å². The van der Waals surface area contributed by atoms with E-state index in [1.807, 2.05) is 14.1 Å². The first-order chi connectivity index (χ1) is 61.0. The Hall–Kier alpha value is -9.72. The van der Waals surface area contributed by atoms with E-state index in [2.05, 4.69) is 101 Å². The van der Waals surface area contributed by atoms with Crippen LogP contribution in [-0.4, -0.2) is 247 Å². The zero-order valence-electron chi connectivity index (χ0n) is 74.6. The number of hydrogen-bond acceptors (Lipinski definition) is 21. The summed E-state index contributed by atoms with van der Waals surface area (Å²) in [5, 5.41) is 55.9. The summed E-state index contributed by atoms with van der Waals surface area (Å²) in [5.74, 6) is -9.45. The molecule has 10 aliphatic rings. The van der Waals surface area contributed by atoms with Crippen LogP contribution in [0.3, 0.4) is 0 Å². The molecule has 0 bridgehead atoms. The minimum Gasteiger partial charge on any atom is -0.359 e. The van der Waals surface area contributed by atoms with E-state index in [9.17, 15) is 86.3 Å². The molecule has 0 aromatic heterocycles. The highest BCUT2D eigenvalue weighted by atomic mass is 16.2. The van der Waals surface area contributed by atoms with Crippen molar-refractivity contribution in [3.63, 3.8) is 0 Å². The maximum absolute atomic E-state index is 14.7. The van der Waals surface area contributed by atoms with E-state index in [1.54, 1.807) is 20.2 Å². The Kier molecular flexibility index (Phi) is 38.9. The van der Waals surface area contributed by atoms with Crippen molar-refractivity contribution in [3.05, 3.63) is 11.6 Å². The van der Waals surface area contributed by atoms with Gasteiger partial charge in [-0.05, 0) is 206 Å². The predicted octanol–water partition coefficient (Wildman–Crippen LogP) is -1.87. The zero-order chi connectivity index (χ0) is 91.2. The molecule has 0 radical (unpaired) electrons. The van der Waals surface area contributed by atoms with Crippen LogP contribution < -0.4 is 107 Å². The van der Waals surface area contributed by atoms with Crippen LogP contribution in [-0.2, 0) is 86.3 Å². The maximum atomic E-state index is 14.7. The second-order valence-electron chi connectivity index (χ2n) is 37.4. The highest BCUT2D eigenvalue weighted by Gasteiger charge is 2.47. The van der Waals surface area contributed by atoms with E-state index in [0.717, 1.165) is 38.5 Å². The summed E-state index contributed by atoms with van der Waals surface area (Å²) in [6.07, 6.45) is 15.8. The van der Waals surface area contributed by atoms with Gasteiger partial charge in [0.2, 0.25) is 100 Å². The van der Waals surface area contributed by atoms with Gasteiger partial charge in [0.05, 0.1) is 6.04 Å². The Morgan fingerprint density at radius 3 is 0.866 bits per heavy atom. The Balaban J connectivity index is 0.729. The molecule has 10 rings (SSSR count). The molecule has 9 saturated carbocycles. The maximum Gasteiger partial charge on any atom is 0.246 e. The number of carbonyl (C=O) groups excluding carboxylic acids is 18. The Morgan fingerprint density at radius 2 is 0.559 bits per heavy atom. The van der Waals surface area contributed by atoms with Crippen molar-refractivity contribution >= 4 is 106 Å². The number of amides is 17. The molecule has 38 heteroatoms. The molecule has 38 nitrogen and oxygen atoms in total. The third-order valence-corrected chi connectivity index (χ3v) is 28.3. The van der Waals surface area contributed by atoms with Crippen LogP contribution in [0.5, 0.6) is 0 Å². The van der Waals surface area contributed by atoms with E-state index < -0.39 is 89.1 Å². The van der Waals surface area contributed by atoms with E-state index in [-0.39, 0.29) is 272 Å². The lowest BCUT2D eigenvalue weighted by Crippen LogP contribution is -2.43. The summed E-state index contributed by atoms with van der Waals surface area (Å²) in [5.41, 5.74) is 7.13. The van der Waals surface area contributed by atoms with E-state index in [1.165, 1.54) is 0 Å². The molecule has 706 valence electrons. The lowest BCUT2D eigenvalue weighted by atomic mass is 9.81. The summed E-state index contributed by atoms with van der Waals surface area (Å²) in [6, 6.07) is -3.30. The van der Waals surface area contributed by atoms with E-state index >= 15 is 0 Å². The summed E-state index contributed by atoms with van der Waals surface area (Å²) in [4.78, 5) is 240. The molecule has 0 spiro atoms. The van der Waals surface area contributed by atoms with Gasteiger partial charge in [0.25, 0.3) is 0 Å². The van der Waals surface area contributed by atoms with Gasteiger partial charge in [0.1, 0.15) is 0 Å². The smallest absolute Gasteiger partial charge is 0.246 e. The first-order valence-electron chi connectivity index (χ1n) is 47.0. The average Bonchev–Trinajstić information content (AvgIpc) is 1.65. The minimum absolute atomic E-state index is 0.000168. The van der Waals surface area contributed by atoms with Crippen molar-refractivity contribution in [1.29, 1.82) is 0 Å². The summed E-state index contributed by atoms with van der Waals surface area (Å²) < 4.78 is 0. The van der Waals surface area contributed by atoms with Gasteiger partial charge in [-0.2, -0.15) is 0 Å². The van der Waals surface area contributed by atoms with Crippen LogP contribution in [0.25, 0.3) is 0 Å². The van der Waals surface area contributed by atoms with Gasteiger partial charge in [0.15, 0.2) is 5.78 Å². The third-order valence-electron chi connectivity index (χ3n) is 28.3. The van der Waals surface area contributed by atoms with Gasteiger partial charge in [-0.25, -0.2) is 0 Å². The average molecular weight is 1780 g/mol. The molecule has 0 aromatic rings. The standard InChI is InChI=1S/C89H142N20O18/c1-91-59-13-6-52(37-59)83(121)95-28-21-72(110)102-61-15-5-49(36-61)80(118)71(90)48-79(117)109-68-45-58(70(47-68)89(127)101-34-27-77(115)107-66-20-12-55(43-66)86(124)98-31-24-74(112)104-63-17-9-51(40-63)82(120)94-4)35-57-44-67(108-78(116)25-32-99-87(125)56-10-18-64(41-56)105-75(113)22-29-96-84(122)53-7-14-60(38-53)92-2)46-69(57)88(126)100-33-26-76(114)106-65-19-11-54(42-65)85(123)97-30-23-73(111)103-62-16-8-50(39-62)81(119)93-3/h9,49-50,52-71,91-92H,5-8,10-48,90H2,1-4H3,(H,93,119)(H,94,120)(H,95,121)(H,96,122)(H,97,123)(H,98,124)(H,99,125)(H,100,126)(H,101,127)(H,102,110)(H,103,111)(H,104,112)(H,105,113)(H,106,114)(H,107,115)(H,108,116)(H,109,117). The van der Waals surface area contributed by atoms with Crippen molar-refractivity contribution in [3.8, 4) is 0 Å². The van der Waals surface area contributed by atoms with Gasteiger partial charge in [0, 0.05) is 231 Å². The zero-order valence-corrected chi connectivity index (χ0v) is 74.6. The second-order valence-corrected chi connectivity index (χ2v) is 37.4. The minimum atomic E-state index is -1.19.